The maximum absolute atomic E-state index is 12.8. The molecule has 1 aromatic rings. The van der Waals surface area contributed by atoms with Gasteiger partial charge in [0, 0.05) is 24.5 Å². The van der Waals surface area contributed by atoms with E-state index < -0.39 is 0 Å². The van der Waals surface area contributed by atoms with E-state index in [2.05, 4.69) is 35.9 Å². The SMILES string of the molecule is Cc1ccc2n1CCN(C(=O)C1(C)CCCN1)C2C. The average Bonchev–Trinajstić information content (AvgIpc) is 2.98. The van der Waals surface area contributed by atoms with Gasteiger partial charge in [0.25, 0.3) is 0 Å². The molecule has 1 saturated heterocycles. The highest BCUT2D eigenvalue weighted by atomic mass is 16.2. The summed E-state index contributed by atoms with van der Waals surface area (Å²) in [4.78, 5) is 14.9. The molecule has 4 heteroatoms. The second kappa shape index (κ2) is 4.37. The molecular formula is C15H23N3O. The quantitative estimate of drug-likeness (QED) is 0.837. The predicted molar refractivity (Wildman–Crippen MR) is 74.9 cm³/mol. The molecular weight excluding hydrogens is 238 g/mol. The molecule has 2 aliphatic heterocycles. The number of hydrogen-bond acceptors (Lipinski definition) is 2. The van der Waals surface area contributed by atoms with Gasteiger partial charge in [0.05, 0.1) is 11.6 Å². The van der Waals surface area contributed by atoms with Gasteiger partial charge in [-0.3, -0.25) is 4.79 Å². The molecule has 0 bridgehead atoms. The minimum Gasteiger partial charge on any atom is -0.345 e. The van der Waals surface area contributed by atoms with Gasteiger partial charge in [0.1, 0.15) is 0 Å². The molecule has 0 aromatic carbocycles. The van der Waals surface area contributed by atoms with E-state index in [-0.39, 0.29) is 17.5 Å². The van der Waals surface area contributed by atoms with Gasteiger partial charge in [-0.2, -0.15) is 0 Å². The van der Waals surface area contributed by atoms with Crippen LogP contribution < -0.4 is 5.32 Å². The average molecular weight is 261 g/mol. The molecule has 0 aliphatic carbocycles. The van der Waals surface area contributed by atoms with Crippen LogP contribution in [0.2, 0.25) is 0 Å². The number of rotatable bonds is 1. The topological polar surface area (TPSA) is 37.3 Å². The highest BCUT2D eigenvalue weighted by molar-refractivity contribution is 5.86. The Kier molecular flexibility index (Phi) is 2.93. The van der Waals surface area contributed by atoms with E-state index in [4.69, 9.17) is 0 Å². The Morgan fingerprint density at radius 1 is 1.42 bits per heavy atom. The summed E-state index contributed by atoms with van der Waals surface area (Å²) in [5.74, 6) is 0.266. The van der Waals surface area contributed by atoms with Crippen molar-refractivity contribution in [1.29, 1.82) is 0 Å². The summed E-state index contributed by atoms with van der Waals surface area (Å²) < 4.78 is 2.33. The van der Waals surface area contributed by atoms with E-state index in [0.29, 0.717) is 0 Å². The van der Waals surface area contributed by atoms with Crippen LogP contribution in [0.15, 0.2) is 12.1 Å². The molecule has 0 saturated carbocycles. The van der Waals surface area contributed by atoms with Crippen LogP contribution in [0.4, 0.5) is 0 Å². The zero-order chi connectivity index (χ0) is 13.6. The number of amides is 1. The van der Waals surface area contributed by atoms with Crippen LogP contribution in [0.3, 0.4) is 0 Å². The highest BCUT2D eigenvalue weighted by Crippen LogP contribution is 2.31. The molecule has 2 aliphatic rings. The van der Waals surface area contributed by atoms with Crippen LogP contribution in [-0.2, 0) is 11.3 Å². The van der Waals surface area contributed by atoms with Gasteiger partial charge in [-0.25, -0.2) is 0 Å². The number of fused-ring (bicyclic) bond motifs is 1. The largest absolute Gasteiger partial charge is 0.345 e. The van der Waals surface area contributed by atoms with Gasteiger partial charge in [-0.1, -0.05) is 0 Å². The third-order valence-electron chi connectivity index (χ3n) is 4.79. The lowest BCUT2D eigenvalue weighted by molar-refractivity contribution is -0.140. The summed E-state index contributed by atoms with van der Waals surface area (Å²) in [5.41, 5.74) is 2.20. The molecule has 1 aromatic heterocycles. The van der Waals surface area contributed by atoms with Crippen molar-refractivity contribution in [3.05, 3.63) is 23.5 Å². The van der Waals surface area contributed by atoms with E-state index in [9.17, 15) is 4.79 Å². The number of aromatic nitrogens is 1. The fourth-order valence-corrected chi connectivity index (χ4v) is 3.49. The molecule has 1 amide bonds. The van der Waals surface area contributed by atoms with Crippen molar-refractivity contribution in [1.82, 2.24) is 14.8 Å². The Balaban J connectivity index is 1.86. The second-order valence-corrected chi connectivity index (χ2v) is 6.09. The van der Waals surface area contributed by atoms with Gasteiger partial charge in [-0.15, -0.1) is 0 Å². The first kappa shape index (κ1) is 12.7. The number of carbonyl (C=O) groups excluding carboxylic acids is 1. The molecule has 2 atom stereocenters. The summed E-state index contributed by atoms with van der Waals surface area (Å²) >= 11 is 0. The minimum absolute atomic E-state index is 0.175. The van der Waals surface area contributed by atoms with Crippen LogP contribution in [0.25, 0.3) is 0 Å². The molecule has 3 rings (SSSR count). The van der Waals surface area contributed by atoms with Crippen LogP contribution in [0, 0.1) is 6.92 Å². The zero-order valence-corrected chi connectivity index (χ0v) is 12.1. The smallest absolute Gasteiger partial charge is 0.243 e. The van der Waals surface area contributed by atoms with Crippen LogP contribution in [-0.4, -0.2) is 34.0 Å². The lowest BCUT2D eigenvalue weighted by Crippen LogP contribution is -2.55. The van der Waals surface area contributed by atoms with Gasteiger partial charge >= 0.3 is 0 Å². The first-order chi connectivity index (χ1) is 9.03. The van der Waals surface area contributed by atoms with Crippen molar-refractivity contribution in [3.8, 4) is 0 Å². The first-order valence-electron chi connectivity index (χ1n) is 7.25. The van der Waals surface area contributed by atoms with Gasteiger partial charge in [-0.05, 0) is 52.3 Å². The molecule has 104 valence electrons. The molecule has 1 fully saturated rings. The maximum Gasteiger partial charge on any atom is 0.243 e. The third kappa shape index (κ3) is 1.89. The van der Waals surface area contributed by atoms with E-state index in [1.165, 1.54) is 11.4 Å². The molecule has 0 spiro atoms. The fourth-order valence-electron chi connectivity index (χ4n) is 3.49. The third-order valence-corrected chi connectivity index (χ3v) is 4.79. The molecule has 2 unspecified atom stereocenters. The molecule has 4 nitrogen and oxygen atoms in total. The molecule has 0 radical (unpaired) electrons. The maximum atomic E-state index is 12.8. The van der Waals surface area contributed by atoms with Crippen LogP contribution >= 0.6 is 0 Å². The Labute approximate surface area is 114 Å². The fraction of sp³-hybridized carbons (Fsp3) is 0.667. The Morgan fingerprint density at radius 2 is 2.21 bits per heavy atom. The van der Waals surface area contributed by atoms with Crippen molar-refractivity contribution in [2.45, 2.75) is 51.7 Å². The molecule has 1 N–H and O–H groups in total. The Hall–Kier alpha value is -1.29. The van der Waals surface area contributed by atoms with Crippen LogP contribution in [0.5, 0.6) is 0 Å². The van der Waals surface area contributed by atoms with Gasteiger partial charge < -0.3 is 14.8 Å². The number of hydrogen-bond donors (Lipinski definition) is 1. The van der Waals surface area contributed by atoms with Crippen molar-refractivity contribution in [3.63, 3.8) is 0 Å². The normalized spacial score (nSPS) is 30.5. The van der Waals surface area contributed by atoms with Crippen LogP contribution in [0.1, 0.15) is 44.1 Å². The van der Waals surface area contributed by atoms with Crippen molar-refractivity contribution < 1.29 is 4.79 Å². The number of carbonyl (C=O) groups is 1. The number of nitrogens with one attached hydrogen (secondary N) is 1. The van der Waals surface area contributed by atoms with E-state index in [1.807, 2.05) is 11.8 Å². The highest BCUT2D eigenvalue weighted by Gasteiger charge is 2.41. The minimum atomic E-state index is -0.349. The standard InChI is InChI=1S/C15H23N3O/c1-11-5-6-13-12(2)18(10-9-17(11)13)14(19)15(3)7-4-8-16-15/h5-6,12,16H,4,7-10H2,1-3H3. The van der Waals surface area contributed by atoms with Gasteiger partial charge in [0.15, 0.2) is 0 Å². The predicted octanol–water partition coefficient (Wildman–Crippen LogP) is 1.84. The van der Waals surface area contributed by atoms with Gasteiger partial charge in [0.2, 0.25) is 5.91 Å². The summed E-state index contributed by atoms with van der Waals surface area (Å²) in [5, 5.41) is 3.38. The number of nitrogens with zero attached hydrogens (tertiary/aromatic N) is 2. The zero-order valence-electron chi connectivity index (χ0n) is 12.1. The number of aryl methyl sites for hydroxylation is 1. The lowest BCUT2D eigenvalue weighted by Gasteiger charge is -2.40. The summed E-state index contributed by atoms with van der Waals surface area (Å²) in [6, 6.07) is 4.48. The molecule has 19 heavy (non-hydrogen) atoms. The van der Waals surface area contributed by atoms with E-state index in [0.717, 1.165) is 32.5 Å². The molecule has 3 heterocycles. The van der Waals surface area contributed by atoms with Crippen molar-refractivity contribution in [2.24, 2.45) is 0 Å². The summed E-state index contributed by atoms with van der Waals surface area (Å²) in [7, 11) is 0. The Bertz CT molecular complexity index is 499. The monoisotopic (exact) mass is 261 g/mol. The van der Waals surface area contributed by atoms with E-state index >= 15 is 0 Å². The summed E-state index contributed by atoms with van der Waals surface area (Å²) in [6.07, 6.45) is 2.05. The first-order valence-corrected chi connectivity index (χ1v) is 7.25. The summed E-state index contributed by atoms with van der Waals surface area (Å²) in [6.45, 7) is 9.02. The lowest BCUT2D eigenvalue weighted by atomic mass is 9.96. The van der Waals surface area contributed by atoms with Crippen molar-refractivity contribution in [2.75, 3.05) is 13.1 Å². The van der Waals surface area contributed by atoms with Crippen molar-refractivity contribution >= 4 is 5.91 Å². The second-order valence-electron chi connectivity index (χ2n) is 6.09. The Morgan fingerprint density at radius 3 is 2.89 bits per heavy atom. The van der Waals surface area contributed by atoms with E-state index in [1.54, 1.807) is 0 Å².